The molecule has 0 aromatic heterocycles. The van der Waals surface area contributed by atoms with Gasteiger partial charge in [-0.25, -0.2) is 0 Å². The fourth-order valence-electron chi connectivity index (χ4n) is 4.56. The molecule has 2 heterocycles. The molecule has 4 nitrogen and oxygen atoms in total. The van der Waals surface area contributed by atoms with Crippen LogP contribution in [0.4, 0.5) is 5.69 Å². The van der Waals surface area contributed by atoms with Gasteiger partial charge in [-0.1, -0.05) is 24.3 Å². The number of rotatable bonds is 4. The molecule has 0 unspecified atom stereocenters. The third-order valence-corrected chi connectivity index (χ3v) is 6.61. The molecule has 0 spiro atoms. The van der Waals surface area contributed by atoms with Crippen LogP contribution in [0.1, 0.15) is 19.8 Å². The lowest BCUT2D eigenvalue weighted by atomic mass is 9.99. The molecule has 0 bridgehead atoms. The SMILES string of the molecule is COc1cccc(-c2ccc(N3CCC(N4CCN(C)[C@H](C)C4)CC3)cc2)c1. The van der Waals surface area contributed by atoms with Crippen LogP contribution in [0.15, 0.2) is 48.5 Å². The van der Waals surface area contributed by atoms with E-state index in [4.69, 9.17) is 4.74 Å². The molecule has 4 heteroatoms. The zero-order chi connectivity index (χ0) is 19.5. The number of benzene rings is 2. The Morgan fingerprint density at radius 3 is 2.32 bits per heavy atom. The topological polar surface area (TPSA) is 19.0 Å². The van der Waals surface area contributed by atoms with E-state index in [9.17, 15) is 0 Å². The van der Waals surface area contributed by atoms with Gasteiger partial charge in [-0.15, -0.1) is 0 Å². The summed E-state index contributed by atoms with van der Waals surface area (Å²) >= 11 is 0. The Morgan fingerprint density at radius 1 is 0.893 bits per heavy atom. The second-order valence-electron chi connectivity index (χ2n) is 8.32. The van der Waals surface area contributed by atoms with Crippen molar-refractivity contribution in [2.75, 3.05) is 51.8 Å². The highest BCUT2D eigenvalue weighted by Gasteiger charge is 2.29. The minimum atomic E-state index is 0.677. The highest BCUT2D eigenvalue weighted by Crippen LogP contribution is 2.28. The van der Waals surface area contributed by atoms with Gasteiger partial charge in [0.2, 0.25) is 0 Å². The number of piperazine rings is 1. The average molecular weight is 380 g/mol. The van der Waals surface area contributed by atoms with Gasteiger partial charge in [0.1, 0.15) is 5.75 Å². The number of likely N-dealkylation sites (N-methyl/N-ethyl adjacent to an activating group) is 1. The molecule has 28 heavy (non-hydrogen) atoms. The predicted octanol–water partition coefficient (Wildman–Crippen LogP) is 3.97. The van der Waals surface area contributed by atoms with Crippen molar-refractivity contribution in [3.05, 3.63) is 48.5 Å². The first kappa shape index (κ1) is 19.3. The number of piperidine rings is 1. The Morgan fingerprint density at radius 2 is 1.64 bits per heavy atom. The molecule has 2 aliphatic rings. The Balaban J connectivity index is 1.36. The van der Waals surface area contributed by atoms with E-state index in [1.165, 1.54) is 49.3 Å². The van der Waals surface area contributed by atoms with E-state index < -0.39 is 0 Å². The lowest BCUT2D eigenvalue weighted by molar-refractivity contribution is 0.0627. The van der Waals surface area contributed by atoms with Gasteiger partial charge in [-0.2, -0.15) is 0 Å². The van der Waals surface area contributed by atoms with E-state index in [0.29, 0.717) is 6.04 Å². The Kier molecular flexibility index (Phi) is 5.88. The van der Waals surface area contributed by atoms with Gasteiger partial charge < -0.3 is 14.5 Å². The van der Waals surface area contributed by atoms with Crippen molar-refractivity contribution in [1.29, 1.82) is 0 Å². The Hall–Kier alpha value is -2.04. The molecule has 150 valence electrons. The lowest BCUT2D eigenvalue weighted by Gasteiger charge is -2.45. The quantitative estimate of drug-likeness (QED) is 0.800. The molecule has 0 N–H and O–H groups in total. The maximum Gasteiger partial charge on any atom is 0.119 e. The number of hydrogen-bond acceptors (Lipinski definition) is 4. The molecule has 0 saturated carbocycles. The molecule has 2 saturated heterocycles. The number of methoxy groups -OCH3 is 1. The summed E-state index contributed by atoms with van der Waals surface area (Å²) in [6.45, 7) is 8.31. The van der Waals surface area contributed by atoms with Crippen LogP contribution >= 0.6 is 0 Å². The molecule has 0 aliphatic carbocycles. The number of ether oxygens (including phenoxy) is 1. The first-order valence-electron chi connectivity index (χ1n) is 10.6. The van der Waals surface area contributed by atoms with Gasteiger partial charge in [-0.3, -0.25) is 4.90 Å². The van der Waals surface area contributed by atoms with Crippen LogP contribution in [-0.2, 0) is 0 Å². The third kappa shape index (κ3) is 4.18. The smallest absolute Gasteiger partial charge is 0.119 e. The average Bonchev–Trinajstić information content (AvgIpc) is 2.76. The lowest BCUT2D eigenvalue weighted by Crippen LogP contribution is -2.55. The first-order chi connectivity index (χ1) is 13.6. The molecule has 2 aromatic rings. The van der Waals surface area contributed by atoms with Crippen LogP contribution in [-0.4, -0.2) is 68.8 Å². The molecule has 1 atom stereocenters. The number of hydrogen-bond donors (Lipinski definition) is 0. The fourth-order valence-corrected chi connectivity index (χ4v) is 4.56. The van der Waals surface area contributed by atoms with Crippen LogP contribution in [0.25, 0.3) is 11.1 Å². The molecule has 0 amide bonds. The molecular weight excluding hydrogens is 346 g/mol. The summed E-state index contributed by atoms with van der Waals surface area (Å²) < 4.78 is 5.35. The van der Waals surface area contributed by atoms with E-state index in [1.54, 1.807) is 7.11 Å². The minimum Gasteiger partial charge on any atom is -0.497 e. The van der Waals surface area contributed by atoms with Gasteiger partial charge in [0.05, 0.1) is 7.11 Å². The van der Waals surface area contributed by atoms with Gasteiger partial charge >= 0.3 is 0 Å². The van der Waals surface area contributed by atoms with Crippen LogP contribution in [0.2, 0.25) is 0 Å². The van der Waals surface area contributed by atoms with Gasteiger partial charge in [-0.05, 0) is 62.2 Å². The van der Waals surface area contributed by atoms with Crippen molar-refractivity contribution < 1.29 is 4.74 Å². The molecule has 2 fully saturated rings. The fraction of sp³-hybridized carbons (Fsp3) is 0.500. The summed E-state index contributed by atoms with van der Waals surface area (Å²) in [5.41, 5.74) is 3.79. The normalized spacial score (nSPS) is 22.4. The largest absolute Gasteiger partial charge is 0.497 e. The van der Waals surface area contributed by atoms with Crippen molar-refractivity contribution in [3.8, 4) is 16.9 Å². The van der Waals surface area contributed by atoms with Gasteiger partial charge in [0.15, 0.2) is 0 Å². The third-order valence-electron chi connectivity index (χ3n) is 6.61. The molecule has 2 aromatic carbocycles. The highest BCUT2D eigenvalue weighted by atomic mass is 16.5. The summed E-state index contributed by atoms with van der Waals surface area (Å²) in [5, 5.41) is 0. The molecule has 2 aliphatic heterocycles. The first-order valence-corrected chi connectivity index (χ1v) is 10.6. The van der Waals surface area contributed by atoms with Gasteiger partial charge in [0.25, 0.3) is 0 Å². The predicted molar refractivity (Wildman–Crippen MR) is 117 cm³/mol. The molecular formula is C24H33N3O. The second kappa shape index (κ2) is 8.54. The van der Waals surface area contributed by atoms with Crippen LogP contribution in [0.3, 0.4) is 0 Å². The maximum atomic E-state index is 5.35. The van der Waals surface area contributed by atoms with Crippen LogP contribution in [0, 0.1) is 0 Å². The van der Waals surface area contributed by atoms with Crippen molar-refractivity contribution in [3.63, 3.8) is 0 Å². The highest BCUT2D eigenvalue weighted by molar-refractivity contribution is 5.67. The van der Waals surface area contributed by atoms with Crippen molar-refractivity contribution in [1.82, 2.24) is 9.80 Å². The van der Waals surface area contributed by atoms with Crippen LogP contribution in [0.5, 0.6) is 5.75 Å². The minimum absolute atomic E-state index is 0.677. The zero-order valence-corrected chi connectivity index (χ0v) is 17.5. The number of nitrogens with zero attached hydrogens (tertiary/aromatic N) is 3. The van der Waals surface area contributed by atoms with Crippen molar-refractivity contribution in [2.24, 2.45) is 0 Å². The second-order valence-corrected chi connectivity index (χ2v) is 8.32. The summed E-state index contributed by atoms with van der Waals surface area (Å²) in [7, 11) is 3.97. The van der Waals surface area contributed by atoms with E-state index in [0.717, 1.165) is 24.9 Å². The van der Waals surface area contributed by atoms with E-state index in [2.05, 4.69) is 65.1 Å². The van der Waals surface area contributed by atoms with Crippen molar-refractivity contribution in [2.45, 2.75) is 31.8 Å². The summed E-state index contributed by atoms with van der Waals surface area (Å²) in [6, 6.07) is 18.7. The summed E-state index contributed by atoms with van der Waals surface area (Å²) in [6.07, 6.45) is 2.54. The maximum absolute atomic E-state index is 5.35. The Labute approximate surface area is 169 Å². The monoisotopic (exact) mass is 379 g/mol. The van der Waals surface area contributed by atoms with E-state index in [-0.39, 0.29) is 0 Å². The molecule has 0 radical (unpaired) electrons. The molecule has 4 rings (SSSR count). The van der Waals surface area contributed by atoms with Crippen molar-refractivity contribution >= 4 is 5.69 Å². The number of anilines is 1. The van der Waals surface area contributed by atoms with Gasteiger partial charge in [0, 0.05) is 50.5 Å². The zero-order valence-electron chi connectivity index (χ0n) is 17.5. The summed E-state index contributed by atoms with van der Waals surface area (Å²) in [4.78, 5) is 7.76. The van der Waals surface area contributed by atoms with E-state index >= 15 is 0 Å². The Bertz CT molecular complexity index is 768. The summed E-state index contributed by atoms with van der Waals surface area (Å²) in [5.74, 6) is 0.905. The van der Waals surface area contributed by atoms with Crippen LogP contribution < -0.4 is 9.64 Å². The van der Waals surface area contributed by atoms with E-state index in [1.807, 2.05) is 12.1 Å². The standard InChI is InChI=1S/C24H33N3O/c1-19-18-27(16-15-25(19)2)23-11-13-26(14-12-23)22-9-7-20(8-10-22)21-5-4-6-24(17-21)28-3/h4-10,17,19,23H,11-16,18H2,1-3H3/t19-/m1/s1.